The zero-order valence-electron chi connectivity index (χ0n) is 19.9. The van der Waals surface area contributed by atoms with E-state index >= 15 is 0 Å². The van der Waals surface area contributed by atoms with Crippen molar-refractivity contribution in [1.29, 1.82) is 0 Å². The molecule has 9 nitrogen and oxygen atoms in total. The van der Waals surface area contributed by atoms with Gasteiger partial charge in [0, 0.05) is 17.7 Å². The standard InChI is InChI=1S/C27H21N3O6S/c1-3-15-7-12-20-21(13-15)37-27(28-20)29-23(17-5-4-6-18(14-17)30(34)35)22(25(32)26(29)33)24(31)16-8-10-19(36-2)11-9-16/h4-14,23,31H,3H2,1-2H3/t23-/m0/s1. The molecule has 1 saturated heterocycles. The molecule has 3 aromatic carbocycles. The molecular weight excluding hydrogens is 494 g/mol. The number of fused-ring (bicyclic) bond motifs is 1. The number of thiazole rings is 1. The van der Waals surface area contributed by atoms with Gasteiger partial charge in [-0.05, 0) is 53.9 Å². The monoisotopic (exact) mass is 515 g/mol. The van der Waals surface area contributed by atoms with Crippen LogP contribution in [-0.2, 0) is 16.0 Å². The number of carbonyl (C=O) groups excluding carboxylic acids is 2. The summed E-state index contributed by atoms with van der Waals surface area (Å²) in [5.74, 6) is -1.62. The third-order valence-electron chi connectivity index (χ3n) is 6.26. The predicted molar refractivity (Wildman–Crippen MR) is 140 cm³/mol. The summed E-state index contributed by atoms with van der Waals surface area (Å²) in [6.45, 7) is 2.03. The second-order valence-electron chi connectivity index (χ2n) is 8.40. The maximum atomic E-state index is 13.4. The molecule has 186 valence electrons. The Bertz CT molecular complexity index is 1590. The lowest BCUT2D eigenvalue weighted by Gasteiger charge is -2.22. The number of nitro groups is 1. The number of nitro benzene ring substituents is 1. The summed E-state index contributed by atoms with van der Waals surface area (Å²) in [5, 5.41) is 23.0. The summed E-state index contributed by atoms with van der Waals surface area (Å²) in [6.07, 6.45) is 0.823. The van der Waals surface area contributed by atoms with E-state index in [0.717, 1.165) is 16.7 Å². The molecule has 0 radical (unpaired) electrons. The number of nitrogens with zero attached hydrogens (tertiary/aromatic N) is 3. The quantitative estimate of drug-likeness (QED) is 0.120. The number of methoxy groups -OCH3 is 1. The fraction of sp³-hybridized carbons (Fsp3) is 0.148. The number of hydrogen-bond acceptors (Lipinski definition) is 8. The topological polar surface area (TPSA) is 123 Å². The Morgan fingerprint density at radius 1 is 1.14 bits per heavy atom. The first-order valence-electron chi connectivity index (χ1n) is 11.4. The van der Waals surface area contributed by atoms with Gasteiger partial charge in [0.25, 0.3) is 11.5 Å². The molecule has 1 aromatic heterocycles. The van der Waals surface area contributed by atoms with Crippen LogP contribution in [0.4, 0.5) is 10.8 Å². The molecule has 10 heteroatoms. The molecule has 1 aliphatic rings. The van der Waals surface area contributed by atoms with Crippen LogP contribution in [0.3, 0.4) is 0 Å². The van der Waals surface area contributed by atoms with E-state index in [2.05, 4.69) is 4.98 Å². The Kier molecular flexibility index (Phi) is 6.18. The van der Waals surface area contributed by atoms with Gasteiger partial charge in [-0.25, -0.2) is 4.98 Å². The normalized spacial score (nSPS) is 16.9. The van der Waals surface area contributed by atoms with Crippen molar-refractivity contribution in [2.75, 3.05) is 12.0 Å². The van der Waals surface area contributed by atoms with Gasteiger partial charge in [-0.15, -0.1) is 0 Å². The van der Waals surface area contributed by atoms with Crippen molar-refractivity contribution in [3.05, 3.63) is 99.1 Å². The summed E-state index contributed by atoms with van der Waals surface area (Å²) in [5.41, 5.74) is 1.98. The number of amides is 1. The molecule has 0 spiro atoms. The van der Waals surface area contributed by atoms with E-state index in [1.54, 1.807) is 30.3 Å². The van der Waals surface area contributed by atoms with E-state index in [1.807, 2.05) is 25.1 Å². The zero-order chi connectivity index (χ0) is 26.3. The lowest BCUT2D eigenvalue weighted by molar-refractivity contribution is -0.384. The van der Waals surface area contributed by atoms with Crippen molar-refractivity contribution in [3.8, 4) is 5.75 Å². The molecule has 1 N–H and O–H groups in total. The molecular formula is C27H21N3O6S. The van der Waals surface area contributed by atoms with Crippen LogP contribution in [0.25, 0.3) is 16.0 Å². The molecule has 0 bridgehead atoms. The van der Waals surface area contributed by atoms with Crippen molar-refractivity contribution in [1.82, 2.24) is 4.98 Å². The summed E-state index contributed by atoms with van der Waals surface area (Å²) in [4.78, 5) is 43.5. The van der Waals surface area contributed by atoms with Gasteiger partial charge in [-0.2, -0.15) is 0 Å². The number of rotatable bonds is 6. The molecule has 2 heterocycles. The molecule has 1 atom stereocenters. The Labute approximate surface area is 215 Å². The van der Waals surface area contributed by atoms with Crippen LogP contribution >= 0.6 is 11.3 Å². The first-order valence-corrected chi connectivity index (χ1v) is 12.2. The van der Waals surface area contributed by atoms with Crippen LogP contribution in [0, 0.1) is 10.1 Å². The number of Topliss-reactive ketones (excluding diaryl/α,β-unsaturated/α-hetero) is 1. The Morgan fingerprint density at radius 3 is 2.57 bits per heavy atom. The van der Waals surface area contributed by atoms with Crippen LogP contribution < -0.4 is 9.64 Å². The summed E-state index contributed by atoms with van der Waals surface area (Å²) >= 11 is 1.24. The number of ketones is 1. The molecule has 37 heavy (non-hydrogen) atoms. The van der Waals surface area contributed by atoms with Gasteiger partial charge in [0.2, 0.25) is 0 Å². The minimum absolute atomic E-state index is 0.177. The highest BCUT2D eigenvalue weighted by Crippen LogP contribution is 2.45. The van der Waals surface area contributed by atoms with Gasteiger partial charge in [0.05, 0.1) is 33.9 Å². The zero-order valence-corrected chi connectivity index (χ0v) is 20.7. The average molecular weight is 516 g/mol. The molecule has 1 aliphatic heterocycles. The maximum absolute atomic E-state index is 13.4. The number of ether oxygens (including phenoxy) is 1. The fourth-order valence-corrected chi connectivity index (χ4v) is 5.39. The van der Waals surface area contributed by atoms with Gasteiger partial charge < -0.3 is 9.84 Å². The van der Waals surface area contributed by atoms with Crippen molar-refractivity contribution in [2.24, 2.45) is 0 Å². The van der Waals surface area contributed by atoms with Crippen LogP contribution in [-0.4, -0.2) is 33.8 Å². The van der Waals surface area contributed by atoms with Crippen molar-refractivity contribution in [3.63, 3.8) is 0 Å². The van der Waals surface area contributed by atoms with Gasteiger partial charge in [0.15, 0.2) is 5.13 Å². The first kappa shape index (κ1) is 24.1. The third-order valence-corrected chi connectivity index (χ3v) is 7.28. The number of anilines is 1. The highest BCUT2D eigenvalue weighted by atomic mass is 32.1. The lowest BCUT2D eigenvalue weighted by atomic mass is 9.95. The highest BCUT2D eigenvalue weighted by molar-refractivity contribution is 7.22. The van der Waals surface area contributed by atoms with Crippen molar-refractivity contribution < 1.29 is 24.4 Å². The van der Waals surface area contributed by atoms with Crippen molar-refractivity contribution in [2.45, 2.75) is 19.4 Å². The third kappa shape index (κ3) is 4.21. The maximum Gasteiger partial charge on any atom is 0.301 e. The number of aryl methyl sites for hydroxylation is 1. The van der Waals surface area contributed by atoms with Gasteiger partial charge >= 0.3 is 5.91 Å². The van der Waals surface area contributed by atoms with Crippen LogP contribution in [0.5, 0.6) is 5.75 Å². The second-order valence-corrected chi connectivity index (χ2v) is 9.41. The largest absolute Gasteiger partial charge is 0.507 e. The number of benzene rings is 3. The Balaban J connectivity index is 1.72. The highest BCUT2D eigenvalue weighted by Gasteiger charge is 2.48. The van der Waals surface area contributed by atoms with E-state index in [9.17, 15) is 24.8 Å². The molecule has 5 rings (SSSR count). The predicted octanol–water partition coefficient (Wildman–Crippen LogP) is 5.40. The number of aliphatic hydroxyl groups excluding tert-OH is 1. The Morgan fingerprint density at radius 2 is 1.89 bits per heavy atom. The van der Waals surface area contributed by atoms with Crippen LogP contribution in [0.15, 0.2) is 72.3 Å². The summed E-state index contributed by atoms with van der Waals surface area (Å²) in [7, 11) is 1.50. The van der Waals surface area contributed by atoms with Gasteiger partial charge in [-0.1, -0.05) is 36.5 Å². The molecule has 0 aliphatic carbocycles. The van der Waals surface area contributed by atoms with Gasteiger partial charge in [-0.3, -0.25) is 24.6 Å². The average Bonchev–Trinajstić information content (AvgIpc) is 3.45. The Hall–Kier alpha value is -4.57. The number of hydrogen-bond donors (Lipinski definition) is 1. The molecule has 1 amide bonds. The lowest BCUT2D eigenvalue weighted by Crippen LogP contribution is -2.29. The molecule has 0 saturated carbocycles. The van der Waals surface area contributed by atoms with E-state index in [1.165, 1.54) is 41.5 Å². The van der Waals surface area contributed by atoms with E-state index < -0.39 is 28.4 Å². The van der Waals surface area contributed by atoms with Gasteiger partial charge in [0.1, 0.15) is 11.5 Å². The number of carbonyl (C=O) groups is 2. The first-order chi connectivity index (χ1) is 17.8. The summed E-state index contributed by atoms with van der Waals surface area (Å²) in [6, 6.07) is 16.7. The van der Waals surface area contributed by atoms with E-state index in [0.29, 0.717) is 22.4 Å². The van der Waals surface area contributed by atoms with E-state index in [-0.39, 0.29) is 16.4 Å². The van der Waals surface area contributed by atoms with Crippen LogP contribution in [0.1, 0.15) is 29.7 Å². The second kappa shape index (κ2) is 9.47. The number of aliphatic hydroxyl groups is 1. The molecule has 4 aromatic rings. The van der Waals surface area contributed by atoms with Crippen molar-refractivity contribution >= 4 is 49.8 Å². The fourth-order valence-electron chi connectivity index (χ4n) is 4.34. The number of non-ortho nitro benzene ring substituents is 1. The smallest absolute Gasteiger partial charge is 0.301 e. The van der Waals surface area contributed by atoms with Crippen LogP contribution in [0.2, 0.25) is 0 Å². The molecule has 1 fully saturated rings. The summed E-state index contributed by atoms with van der Waals surface area (Å²) < 4.78 is 6.00. The molecule has 0 unspecified atom stereocenters. The number of aromatic nitrogens is 1. The minimum atomic E-state index is -1.12. The minimum Gasteiger partial charge on any atom is -0.507 e. The van der Waals surface area contributed by atoms with E-state index in [4.69, 9.17) is 4.74 Å². The SMILES string of the molecule is CCc1ccc2nc(N3C(=O)C(=O)C(=C(O)c4ccc(OC)cc4)[C@@H]3c3cccc([N+](=O)[O-])c3)sc2c1.